The third-order valence-corrected chi connectivity index (χ3v) is 3.40. The zero-order chi connectivity index (χ0) is 14.4. The first-order valence-corrected chi connectivity index (χ1v) is 6.91. The van der Waals surface area contributed by atoms with E-state index in [1.54, 1.807) is 18.3 Å². The Labute approximate surface area is 130 Å². The lowest BCUT2D eigenvalue weighted by molar-refractivity contribution is -0.130. The first-order chi connectivity index (χ1) is 9.70. The molecule has 116 valence electrons. The summed E-state index contributed by atoms with van der Waals surface area (Å²) in [5.41, 5.74) is 6.61. The quantitative estimate of drug-likeness (QED) is 0.857. The van der Waals surface area contributed by atoms with Crippen LogP contribution in [-0.4, -0.2) is 41.3 Å². The number of amides is 2. The van der Waals surface area contributed by atoms with E-state index < -0.39 is 0 Å². The number of hydrogen-bond acceptors (Lipinski definition) is 4. The second-order valence-corrected chi connectivity index (χ2v) is 4.86. The third-order valence-electron chi connectivity index (χ3n) is 3.40. The molecule has 2 rings (SSSR count). The number of nitrogens with one attached hydrogen (secondary N) is 1. The van der Waals surface area contributed by atoms with Gasteiger partial charge in [-0.25, -0.2) is 0 Å². The van der Waals surface area contributed by atoms with E-state index in [1.807, 2.05) is 4.90 Å². The molecule has 0 aliphatic carbocycles. The number of hydrogen-bond donors (Lipinski definition) is 2. The van der Waals surface area contributed by atoms with Gasteiger partial charge in [-0.3, -0.25) is 14.6 Å². The number of rotatable bonds is 4. The van der Waals surface area contributed by atoms with E-state index in [9.17, 15) is 9.59 Å². The number of likely N-dealkylation sites (tertiary alicyclic amines) is 1. The summed E-state index contributed by atoms with van der Waals surface area (Å²) >= 11 is 0. The first-order valence-electron chi connectivity index (χ1n) is 6.91. The van der Waals surface area contributed by atoms with E-state index in [-0.39, 0.29) is 37.3 Å². The largest absolute Gasteiger partial charge is 0.343 e. The van der Waals surface area contributed by atoms with Gasteiger partial charge in [-0.1, -0.05) is 0 Å². The Bertz CT molecular complexity index is 490. The summed E-state index contributed by atoms with van der Waals surface area (Å²) in [5, 5.41) is 2.65. The van der Waals surface area contributed by atoms with E-state index in [1.165, 1.54) is 6.42 Å². The third kappa shape index (κ3) is 4.99. The molecule has 0 bridgehead atoms. The van der Waals surface area contributed by atoms with Gasteiger partial charge in [0.2, 0.25) is 5.91 Å². The SMILES string of the molecule is Cl.NCc1cc(C(=O)NCC(=O)N2CCCCC2)ccn1. The van der Waals surface area contributed by atoms with E-state index in [0.29, 0.717) is 11.3 Å². The van der Waals surface area contributed by atoms with Gasteiger partial charge in [-0.05, 0) is 31.4 Å². The van der Waals surface area contributed by atoms with Crippen LogP contribution >= 0.6 is 12.4 Å². The molecule has 0 radical (unpaired) electrons. The highest BCUT2D eigenvalue weighted by Crippen LogP contribution is 2.08. The van der Waals surface area contributed by atoms with Crippen LogP contribution in [0.2, 0.25) is 0 Å². The van der Waals surface area contributed by atoms with Gasteiger partial charge >= 0.3 is 0 Å². The molecule has 6 nitrogen and oxygen atoms in total. The molecule has 21 heavy (non-hydrogen) atoms. The second kappa shape index (κ2) is 8.59. The summed E-state index contributed by atoms with van der Waals surface area (Å²) in [6.07, 6.45) is 4.81. The molecule has 1 fully saturated rings. The van der Waals surface area contributed by atoms with Crippen molar-refractivity contribution in [2.45, 2.75) is 25.8 Å². The number of carbonyl (C=O) groups is 2. The maximum absolute atomic E-state index is 11.9. The standard InChI is InChI=1S/C14H20N4O2.ClH/c15-9-12-8-11(4-5-16-12)14(20)17-10-13(19)18-6-2-1-3-7-18;/h4-5,8H,1-3,6-7,9-10,15H2,(H,17,20);1H. The Hall–Kier alpha value is -1.66. The minimum Gasteiger partial charge on any atom is -0.343 e. The minimum absolute atomic E-state index is 0. The molecule has 1 aliphatic rings. The lowest BCUT2D eigenvalue weighted by Crippen LogP contribution is -2.42. The Kier molecular flexibility index (Phi) is 7.11. The highest BCUT2D eigenvalue weighted by molar-refractivity contribution is 5.96. The molecule has 3 N–H and O–H groups in total. The number of piperidine rings is 1. The summed E-state index contributed by atoms with van der Waals surface area (Å²) in [6.45, 7) is 1.91. The van der Waals surface area contributed by atoms with E-state index >= 15 is 0 Å². The average molecular weight is 313 g/mol. The zero-order valence-electron chi connectivity index (χ0n) is 11.9. The molecule has 0 saturated carbocycles. The number of aromatic nitrogens is 1. The van der Waals surface area contributed by atoms with Crippen molar-refractivity contribution in [1.82, 2.24) is 15.2 Å². The molecule has 0 aromatic carbocycles. The number of pyridine rings is 1. The molecule has 0 unspecified atom stereocenters. The van der Waals surface area contributed by atoms with Crippen LogP contribution in [-0.2, 0) is 11.3 Å². The van der Waals surface area contributed by atoms with Crippen molar-refractivity contribution in [2.24, 2.45) is 5.73 Å². The fourth-order valence-corrected chi connectivity index (χ4v) is 2.24. The summed E-state index contributed by atoms with van der Waals surface area (Å²) in [4.78, 5) is 29.7. The van der Waals surface area contributed by atoms with E-state index in [4.69, 9.17) is 5.73 Å². The van der Waals surface area contributed by atoms with Crippen LogP contribution < -0.4 is 11.1 Å². The Morgan fingerprint density at radius 3 is 2.67 bits per heavy atom. The molecule has 2 heterocycles. The van der Waals surface area contributed by atoms with Gasteiger partial charge in [0, 0.05) is 31.4 Å². The van der Waals surface area contributed by atoms with E-state index in [0.717, 1.165) is 25.9 Å². The second-order valence-electron chi connectivity index (χ2n) is 4.86. The summed E-state index contributed by atoms with van der Waals surface area (Å²) in [6, 6.07) is 3.25. The highest BCUT2D eigenvalue weighted by atomic mass is 35.5. The molecule has 1 aliphatic heterocycles. The molecule has 2 amide bonds. The van der Waals surface area contributed by atoms with Crippen molar-refractivity contribution >= 4 is 24.2 Å². The molecule has 7 heteroatoms. The van der Waals surface area contributed by atoms with Crippen molar-refractivity contribution < 1.29 is 9.59 Å². The Morgan fingerprint density at radius 2 is 2.00 bits per heavy atom. The normalized spacial score (nSPS) is 14.2. The molecule has 1 aromatic heterocycles. The van der Waals surface area contributed by atoms with Crippen LogP contribution in [0.5, 0.6) is 0 Å². The highest BCUT2D eigenvalue weighted by Gasteiger charge is 2.17. The van der Waals surface area contributed by atoms with Gasteiger partial charge in [0.25, 0.3) is 5.91 Å². The smallest absolute Gasteiger partial charge is 0.251 e. The maximum atomic E-state index is 11.9. The number of nitrogens with two attached hydrogens (primary N) is 1. The van der Waals surface area contributed by atoms with Gasteiger partial charge in [0.1, 0.15) is 0 Å². The van der Waals surface area contributed by atoms with Crippen molar-refractivity contribution in [2.75, 3.05) is 19.6 Å². The maximum Gasteiger partial charge on any atom is 0.251 e. The van der Waals surface area contributed by atoms with Crippen molar-refractivity contribution in [3.05, 3.63) is 29.6 Å². The van der Waals surface area contributed by atoms with Gasteiger partial charge in [-0.2, -0.15) is 0 Å². The van der Waals surface area contributed by atoms with Gasteiger partial charge in [-0.15, -0.1) is 12.4 Å². The van der Waals surface area contributed by atoms with Crippen LogP contribution in [0.1, 0.15) is 35.3 Å². The van der Waals surface area contributed by atoms with Crippen molar-refractivity contribution in [3.63, 3.8) is 0 Å². The number of carbonyl (C=O) groups excluding carboxylic acids is 2. The minimum atomic E-state index is -0.271. The molecule has 0 spiro atoms. The summed E-state index contributed by atoms with van der Waals surface area (Å²) in [7, 11) is 0. The Balaban J connectivity index is 0.00000220. The predicted octanol–water partition coefficient (Wildman–Crippen LogP) is 0.704. The summed E-state index contributed by atoms with van der Waals surface area (Å²) < 4.78 is 0. The fraction of sp³-hybridized carbons (Fsp3) is 0.500. The molecular weight excluding hydrogens is 292 g/mol. The van der Waals surface area contributed by atoms with E-state index in [2.05, 4.69) is 10.3 Å². The Morgan fingerprint density at radius 1 is 1.29 bits per heavy atom. The topological polar surface area (TPSA) is 88.3 Å². The molecule has 1 aromatic rings. The first kappa shape index (κ1) is 17.4. The zero-order valence-corrected chi connectivity index (χ0v) is 12.7. The number of nitrogens with zero attached hydrogens (tertiary/aromatic N) is 2. The van der Waals surface area contributed by atoms with Gasteiger partial charge < -0.3 is 16.0 Å². The van der Waals surface area contributed by atoms with Gasteiger partial charge in [0.15, 0.2) is 0 Å². The molecule has 0 atom stereocenters. The predicted molar refractivity (Wildman–Crippen MR) is 82.1 cm³/mol. The summed E-state index contributed by atoms with van der Waals surface area (Å²) in [5.74, 6) is -0.293. The average Bonchev–Trinajstić information content (AvgIpc) is 2.53. The lowest BCUT2D eigenvalue weighted by Gasteiger charge is -2.26. The van der Waals surface area contributed by atoms with Gasteiger partial charge in [0.05, 0.1) is 12.2 Å². The van der Waals surface area contributed by atoms with Crippen LogP contribution in [0.15, 0.2) is 18.3 Å². The number of halogens is 1. The van der Waals surface area contributed by atoms with Crippen LogP contribution in [0.3, 0.4) is 0 Å². The van der Waals surface area contributed by atoms with Crippen LogP contribution in [0.4, 0.5) is 0 Å². The fourth-order valence-electron chi connectivity index (χ4n) is 2.24. The van der Waals surface area contributed by atoms with Crippen molar-refractivity contribution in [3.8, 4) is 0 Å². The van der Waals surface area contributed by atoms with Crippen LogP contribution in [0, 0.1) is 0 Å². The monoisotopic (exact) mass is 312 g/mol. The molecular formula is C14H21ClN4O2. The lowest BCUT2D eigenvalue weighted by atomic mass is 10.1. The van der Waals surface area contributed by atoms with Crippen molar-refractivity contribution in [1.29, 1.82) is 0 Å². The van der Waals surface area contributed by atoms with Crippen LogP contribution in [0.25, 0.3) is 0 Å². The molecule has 1 saturated heterocycles.